The minimum atomic E-state index is 0. The molecule has 1 aliphatic rings. The van der Waals surface area contributed by atoms with Crippen LogP contribution in [0.5, 0.6) is 0 Å². The Kier molecular flexibility index (Phi) is 117. The van der Waals surface area contributed by atoms with E-state index < -0.39 is 0 Å². The van der Waals surface area contributed by atoms with Crippen LogP contribution >= 0.6 is 0 Å². The van der Waals surface area contributed by atoms with Crippen molar-refractivity contribution in [2.75, 3.05) is 6.61 Å². The molecule has 1 nitrogen and oxygen atoms in total. The molecule has 0 aromatic rings. The van der Waals surface area contributed by atoms with Crippen LogP contribution < -0.4 is 0 Å². The maximum absolute atomic E-state index is 4.82. The van der Waals surface area contributed by atoms with Crippen molar-refractivity contribution in [2.45, 2.75) is 12.8 Å². The zero-order chi connectivity index (χ0) is 3.54. The second-order valence-corrected chi connectivity index (χ2v) is 1.18. The van der Waals surface area contributed by atoms with Gasteiger partial charge in [0, 0.05) is 28.3 Å². The average molecular weight is 194 g/mol. The Labute approximate surface area is 89.8 Å². The third-order valence-corrected chi connectivity index (χ3v) is 0.702. The molecule has 11 heavy (non-hydrogen) atoms. The quantitative estimate of drug-likeness (QED) is 0.425. The largest absolute Gasteiger partial charge is 0.552 e. The van der Waals surface area contributed by atoms with Crippen LogP contribution in [0.1, 0.15) is 12.8 Å². The maximum Gasteiger partial charge on any atom is 0.00878 e. The Morgan fingerprint density at radius 3 is 1.45 bits per heavy atom. The van der Waals surface area contributed by atoms with E-state index in [2.05, 4.69) is 0 Å². The van der Waals surface area contributed by atoms with E-state index in [1.807, 2.05) is 6.61 Å². The second-order valence-electron chi connectivity index (χ2n) is 1.18. The minimum Gasteiger partial charge on any atom is -0.552 e. The topological polar surface area (TPSA) is 9.23 Å². The van der Waals surface area contributed by atoms with Gasteiger partial charge in [-0.05, 0) is 0 Å². The molecule has 2 heteroatoms. The number of hydrogen-bond acceptors (Lipinski definition) is 1. The van der Waals surface area contributed by atoms with E-state index in [0.29, 0.717) is 0 Å². The second kappa shape index (κ2) is 31.0. The summed E-state index contributed by atoms with van der Waals surface area (Å²) >= 11 is 0. The third-order valence-electron chi connectivity index (χ3n) is 0.702. The Morgan fingerprint density at radius 2 is 1.36 bits per heavy atom. The Morgan fingerprint density at radius 1 is 0.909 bits per heavy atom. The van der Waals surface area contributed by atoms with E-state index in [4.69, 9.17) is 4.74 Å². The Balaban J connectivity index is -0.0000000104. The van der Waals surface area contributed by atoms with Crippen molar-refractivity contribution in [3.05, 3.63) is 43.7 Å². The van der Waals surface area contributed by atoms with Crippen LogP contribution in [0.15, 0.2) is 0 Å². The molecule has 0 aromatic carbocycles. The summed E-state index contributed by atoms with van der Waals surface area (Å²) in [5.74, 6) is 0. The first-order valence-electron chi connectivity index (χ1n) is 1.93. The monoisotopic (exact) mass is 194 g/mol. The maximum atomic E-state index is 4.82. The minimum absolute atomic E-state index is 0. The van der Waals surface area contributed by atoms with Crippen LogP contribution in [0.3, 0.4) is 0 Å². The Bertz CT molecular complexity index is 21.1. The molecule has 0 aliphatic carbocycles. The van der Waals surface area contributed by atoms with Gasteiger partial charge in [0.25, 0.3) is 0 Å². The number of rotatable bonds is 0. The van der Waals surface area contributed by atoms with E-state index in [9.17, 15) is 0 Å². The van der Waals surface area contributed by atoms with Crippen LogP contribution in [0.2, 0.25) is 0 Å². The summed E-state index contributed by atoms with van der Waals surface area (Å²) in [6.07, 6.45) is 2.38. The number of hydrogen-bond donors (Lipinski definition) is 0. The van der Waals surface area contributed by atoms with Gasteiger partial charge in [-0.1, -0.05) is 6.42 Å². The van der Waals surface area contributed by atoms with E-state index in [1.54, 1.807) is 0 Å². The molecule has 1 heterocycles. The van der Waals surface area contributed by atoms with Gasteiger partial charge in [0.05, 0.1) is 0 Å². The summed E-state index contributed by atoms with van der Waals surface area (Å²) in [4.78, 5) is 0. The first-order chi connectivity index (χ1) is 2.50. The zero-order valence-electron chi connectivity index (χ0n) is 8.61. The summed E-state index contributed by atoms with van der Waals surface area (Å²) in [7, 11) is 0. The fraction of sp³-hybridized carbons (Fsp3) is 0.333. The van der Waals surface area contributed by atoms with E-state index >= 15 is 0 Å². The molecule has 0 unspecified atom stereocenters. The zero-order valence-corrected chi connectivity index (χ0v) is 10.2. The van der Waals surface area contributed by atoms with Crippen LogP contribution in [0.4, 0.5) is 0 Å². The van der Waals surface area contributed by atoms with Crippen molar-refractivity contribution in [3.63, 3.8) is 0 Å². The molecule has 1 fully saturated rings. The summed E-state index contributed by atoms with van der Waals surface area (Å²) in [5, 5.41) is 0. The molecule has 1 aliphatic heterocycles. The SMILES string of the molecule is [CH-]1CCCO1.[CH3-].[CH3-].[CH3-].[CH3-].[CH3-].[Ti]. The molecular formula is C9H22OTi-6. The molecule has 0 aromatic heterocycles. The first kappa shape index (κ1) is 41.3. The molecule has 0 bridgehead atoms. The van der Waals surface area contributed by atoms with Gasteiger partial charge in [-0.2, -0.15) is 6.42 Å². The van der Waals surface area contributed by atoms with Crippen molar-refractivity contribution in [3.8, 4) is 0 Å². The van der Waals surface area contributed by atoms with Gasteiger partial charge < -0.3 is 41.9 Å². The summed E-state index contributed by atoms with van der Waals surface area (Å²) in [6, 6.07) is 0. The van der Waals surface area contributed by atoms with E-state index in [0.717, 1.165) is 13.0 Å². The third kappa shape index (κ3) is 24.9. The molecule has 0 amide bonds. The van der Waals surface area contributed by atoms with Crippen molar-refractivity contribution in [2.24, 2.45) is 0 Å². The van der Waals surface area contributed by atoms with Crippen molar-refractivity contribution in [1.82, 2.24) is 0 Å². The summed E-state index contributed by atoms with van der Waals surface area (Å²) < 4.78 is 4.82. The van der Waals surface area contributed by atoms with Gasteiger partial charge in [-0.25, -0.2) is 6.61 Å². The standard InChI is InChI=1S/C4H7O.5CH3.Ti/c1-2-4-5-3-1;;;;;;/h3H,1-2,4H2;5*1H3;/q6*-1;. The molecule has 0 radical (unpaired) electrons. The number of ether oxygens (including phenoxy) is 1. The predicted molar refractivity (Wildman–Crippen MR) is 51.6 cm³/mol. The predicted octanol–water partition coefficient (Wildman–Crippen LogP) is 3.21. The van der Waals surface area contributed by atoms with Crippen LogP contribution in [0.25, 0.3) is 0 Å². The van der Waals surface area contributed by atoms with Gasteiger partial charge >= 0.3 is 0 Å². The van der Waals surface area contributed by atoms with Gasteiger partial charge in [0.2, 0.25) is 0 Å². The molecule has 1 saturated heterocycles. The molecule has 0 atom stereocenters. The molecule has 0 saturated carbocycles. The fourth-order valence-corrected chi connectivity index (χ4v) is 0.417. The van der Waals surface area contributed by atoms with Crippen molar-refractivity contribution < 1.29 is 26.5 Å². The summed E-state index contributed by atoms with van der Waals surface area (Å²) in [5.41, 5.74) is 0. The van der Waals surface area contributed by atoms with Crippen molar-refractivity contribution >= 4 is 0 Å². The van der Waals surface area contributed by atoms with Crippen LogP contribution in [0, 0.1) is 43.7 Å². The van der Waals surface area contributed by atoms with Crippen LogP contribution in [-0.4, -0.2) is 6.61 Å². The normalized spacial score (nSPS) is 10.9. The first-order valence-corrected chi connectivity index (χ1v) is 1.93. The average Bonchev–Trinajstić information content (AvgIpc) is 1.76. The molecule has 0 N–H and O–H groups in total. The summed E-state index contributed by atoms with van der Waals surface area (Å²) in [6.45, 7) is 2.81. The van der Waals surface area contributed by atoms with Gasteiger partial charge in [0.1, 0.15) is 0 Å². The van der Waals surface area contributed by atoms with Gasteiger partial charge in [0.15, 0.2) is 0 Å². The molecular weight excluding hydrogens is 172 g/mol. The van der Waals surface area contributed by atoms with Crippen LogP contribution in [-0.2, 0) is 26.5 Å². The van der Waals surface area contributed by atoms with Gasteiger partial charge in [-0.15, -0.1) is 0 Å². The Hall–Kier alpha value is 0.674. The molecule has 0 spiro atoms. The van der Waals surface area contributed by atoms with Crippen molar-refractivity contribution in [1.29, 1.82) is 0 Å². The fourth-order valence-electron chi connectivity index (χ4n) is 0.417. The smallest absolute Gasteiger partial charge is 0.00878 e. The molecule has 1 rings (SSSR count). The van der Waals surface area contributed by atoms with Gasteiger partial charge in [-0.3, -0.25) is 0 Å². The van der Waals surface area contributed by atoms with E-state index in [1.165, 1.54) is 6.42 Å². The van der Waals surface area contributed by atoms with E-state index in [-0.39, 0.29) is 58.9 Å². The molecule has 74 valence electrons.